The van der Waals surface area contributed by atoms with Gasteiger partial charge in [0.05, 0.1) is 11.5 Å². The van der Waals surface area contributed by atoms with Gasteiger partial charge in [0, 0.05) is 6.61 Å². The van der Waals surface area contributed by atoms with Crippen molar-refractivity contribution in [1.29, 1.82) is 0 Å². The highest BCUT2D eigenvalue weighted by atomic mass is 32.2. The molecule has 0 saturated carbocycles. The molecule has 2 aromatic carbocycles. The lowest BCUT2D eigenvalue weighted by atomic mass is 9.93. The number of amides is 1. The molecule has 1 amide bonds. The van der Waals surface area contributed by atoms with Crippen LogP contribution in [-0.2, 0) is 19.6 Å². The van der Waals surface area contributed by atoms with Gasteiger partial charge in [-0.1, -0.05) is 0 Å². The summed E-state index contributed by atoms with van der Waals surface area (Å²) in [6.07, 6.45) is 0.644. The number of hydrogen-bond acceptors (Lipinski definition) is 6. The van der Waals surface area contributed by atoms with Crippen molar-refractivity contribution in [2.75, 3.05) is 13.2 Å². The van der Waals surface area contributed by atoms with E-state index in [0.29, 0.717) is 24.5 Å². The number of halogens is 1. The lowest BCUT2D eigenvalue weighted by molar-refractivity contribution is -0.140. The van der Waals surface area contributed by atoms with Crippen molar-refractivity contribution in [3.8, 4) is 11.5 Å². The Morgan fingerprint density at radius 2 is 1.71 bits per heavy atom. The second kappa shape index (κ2) is 8.23. The molecule has 2 aromatic rings. The molecule has 1 aliphatic rings. The summed E-state index contributed by atoms with van der Waals surface area (Å²) in [6, 6.07) is 10.9. The zero-order chi connectivity index (χ0) is 20.2. The van der Waals surface area contributed by atoms with Gasteiger partial charge in [-0.15, -0.1) is 0 Å². The van der Waals surface area contributed by atoms with E-state index in [9.17, 15) is 17.6 Å². The molecular formula is C18H19FN2O6S. The lowest BCUT2D eigenvalue weighted by Crippen LogP contribution is -2.62. The van der Waals surface area contributed by atoms with Gasteiger partial charge < -0.3 is 9.47 Å². The average molecular weight is 410 g/mol. The molecule has 1 atom stereocenters. The maximum atomic E-state index is 12.9. The molecule has 0 unspecified atom stereocenters. The van der Waals surface area contributed by atoms with E-state index < -0.39 is 27.3 Å². The number of hydroxylamine groups is 1. The SMILES string of the molecule is O=C(NO)[C@@]1(NS(=O)(=O)c2ccc(Oc3ccc(F)cc3)cc2)CCCOC1. The highest BCUT2D eigenvalue weighted by molar-refractivity contribution is 7.89. The minimum absolute atomic E-state index is 0.0883. The van der Waals surface area contributed by atoms with Gasteiger partial charge >= 0.3 is 0 Å². The Hall–Kier alpha value is -2.53. The third-order valence-corrected chi connectivity index (χ3v) is 5.84. The molecule has 3 N–H and O–H groups in total. The van der Waals surface area contributed by atoms with Crippen LogP contribution >= 0.6 is 0 Å². The van der Waals surface area contributed by atoms with E-state index in [1.54, 1.807) is 0 Å². The van der Waals surface area contributed by atoms with E-state index in [1.165, 1.54) is 54.0 Å². The second-order valence-electron chi connectivity index (χ2n) is 6.31. The number of carbonyl (C=O) groups excluding carboxylic acids is 1. The van der Waals surface area contributed by atoms with Gasteiger partial charge in [-0.25, -0.2) is 18.3 Å². The summed E-state index contributed by atoms with van der Waals surface area (Å²) in [5.74, 6) is -0.526. The molecule has 1 heterocycles. The molecule has 1 fully saturated rings. The first-order valence-electron chi connectivity index (χ1n) is 8.44. The summed E-state index contributed by atoms with van der Waals surface area (Å²) in [4.78, 5) is 12.0. The molecule has 3 rings (SSSR count). The minimum Gasteiger partial charge on any atom is -0.457 e. The predicted molar refractivity (Wildman–Crippen MR) is 96.0 cm³/mol. The zero-order valence-electron chi connectivity index (χ0n) is 14.7. The number of carbonyl (C=O) groups is 1. The molecule has 0 radical (unpaired) electrons. The molecule has 28 heavy (non-hydrogen) atoms. The van der Waals surface area contributed by atoms with E-state index in [1.807, 2.05) is 0 Å². The van der Waals surface area contributed by atoms with Crippen molar-refractivity contribution < 1.29 is 32.3 Å². The third kappa shape index (κ3) is 4.47. The van der Waals surface area contributed by atoms with Gasteiger partial charge in [0.1, 0.15) is 22.9 Å². The van der Waals surface area contributed by atoms with Crippen LogP contribution in [-0.4, -0.2) is 38.3 Å². The summed E-state index contributed by atoms with van der Waals surface area (Å²) in [5, 5.41) is 8.98. The molecule has 1 aliphatic heterocycles. The standard InChI is InChI=1S/C18H19FN2O6S/c19-13-2-4-14(5-3-13)27-15-6-8-16(9-7-15)28(24,25)21-18(17(22)20-23)10-1-11-26-12-18/h2-9,21,23H,1,10-12H2,(H,20,22)/t18-/m1/s1. The van der Waals surface area contributed by atoms with Crippen LogP contribution in [0.1, 0.15) is 12.8 Å². The fourth-order valence-electron chi connectivity index (χ4n) is 2.85. The van der Waals surface area contributed by atoms with Crippen LogP contribution in [0, 0.1) is 5.82 Å². The number of benzene rings is 2. The maximum absolute atomic E-state index is 12.9. The fourth-order valence-corrected chi connectivity index (χ4v) is 4.23. The van der Waals surface area contributed by atoms with Crippen molar-refractivity contribution in [1.82, 2.24) is 10.2 Å². The molecule has 0 aromatic heterocycles. The Morgan fingerprint density at radius 3 is 2.25 bits per heavy atom. The van der Waals surface area contributed by atoms with E-state index >= 15 is 0 Å². The van der Waals surface area contributed by atoms with E-state index in [-0.39, 0.29) is 17.9 Å². The van der Waals surface area contributed by atoms with Crippen molar-refractivity contribution in [3.63, 3.8) is 0 Å². The Kier molecular flexibility index (Phi) is 5.94. The smallest absolute Gasteiger partial charge is 0.267 e. The van der Waals surface area contributed by atoms with Crippen molar-refractivity contribution in [2.45, 2.75) is 23.3 Å². The highest BCUT2D eigenvalue weighted by Crippen LogP contribution is 2.26. The number of rotatable bonds is 6. The molecule has 0 aliphatic carbocycles. The van der Waals surface area contributed by atoms with E-state index in [4.69, 9.17) is 14.7 Å². The first-order valence-corrected chi connectivity index (χ1v) is 9.93. The number of sulfonamides is 1. The molecule has 0 bridgehead atoms. The average Bonchev–Trinajstić information content (AvgIpc) is 2.70. The molecule has 8 nitrogen and oxygen atoms in total. The maximum Gasteiger partial charge on any atom is 0.267 e. The van der Waals surface area contributed by atoms with Crippen LogP contribution in [0.4, 0.5) is 4.39 Å². The van der Waals surface area contributed by atoms with Crippen LogP contribution in [0.3, 0.4) is 0 Å². The number of nitrogens with one attached hydrogen (secondary N) is 2. The number of hydrogen-bond donors (Lipinski definition) is 3. The molecular weight excluding hydrogens is 391 g/mol. The summed E-state index contributed by atoms with van der Waals surface area (Å²) >= 11 is 0. The van der Waals surface area contributed by atoms with Gasteiger partial charge in [-0.3, -0.25) is 10.0 Å². The van der Waals surface area contributed by atoms with Crippen molar-refractivity contribution in [3.05, 3.63) is 54.3 Å². The first kappa shape index (κ1) is 20.2. The third-order valence-electron chi connectivity index (χ3n) is 4.29. The largest absolute Gasteiger partial charge is 0.457 e. The fraction of sp³-hybridized carbons (Fsp3) is 0.278. The lowest BCUT2D eigenvalue weighted by Gasteiger charge is -2.35. The Balaban J connectivity index is 1.77. The predicted octanol–water partition coefficient (Wildman–Crippen LogP) is 1.95. The van der Waals surface area contributed by atoms with E-state index in [2.05, 4.69) is 4.72 Å². The topological polar surface area (TPSA) is 114 Å². The summed E-state index contributed by atoms with van der Waals surface area (Å²) < 4.78 is 51.5. The van der Waals surface area contributed by atoms with E-state index in [0.717, 1.165) is 0 Å². The molecule has 10 heteroatoms. The summed E-state index contributed by atoms with van der Waals surface area (Å²) in [5.41, 5.74) is -0.0908. The Bertz CT molecular complexity index is 926. The van der Waals surface area contributed by atoms with Crippen molar-refractivity contribution in [2.24, 2.45) is 0 Å². The number of ether oxygens (including phenoxy) is 2. The van der Waals surface area contributed by atoms with Gasteiger partial charge in [0.25, 0.3) is 5.91 Å². The van der Waals surface area contributed by atoms with Gasteiger partial charge in [-0.2, -0.15) is 4.72 Å². The van der Waals surface area contributed by atoms with Crippen LogP contribution in [0.5, 0.6) is 11.5 Å². The summed E-state index contributed by atoms with van der Waals surface area (Å²) in [7, 11) is -4.08. The summed E-state index contributed by atoms with van der Waals surface area (Å²) in [6.45, 7) is 0.210. The monoisotopic (exact) mass is 410 g/mol. The minimum atomic E-state index is -4.08. The van der Waals surface area contributed by atoms with Crippen LogP contribution in [0.15, 0.2) is 53.4 Å². The quantitative estimate of drug-likeness (QED) is 0.496. The Morgan fingerprint density at radius 1 is 1.11 bits per heavy atom. The van der Waals surface area contributed by atoms with Crippen LogP contribution in [0.25, 0.3) is 0 Å². The van der Waals surface area contributed by atoms with Gasteiger partial charge in [0.15, 0.2) is 0 Å². The van der Waals surface area contributed by atoms with Crippen molar-refractivity contribution >= 4 is 15.9 Å². The molecule has 0 spiro atoms. The molecule has 1 saturated heterocycles. The van der Waals surface area contributed by atoms with Gasteiger partial charge in [-0.05, 0) is 61.4 Å². The molecule has 150 valence electrons. The Labute approximate surface area is 161 Å². The van der Waals surface area contributed by atoms with Crippen LogP contribution < -0.4 is 14.9 Å². The highest BCUT2D eigenvalue weighted by Gasteiger charge is 2.44. The zero-order valence-corrected chi connectivity index (χ0v) is 15.5. The van der Waals surface area contributed by atoms with Gasteiger partial charge in [0.2, 0.25) is 10.0 Å². The van der Waals surface area contributed by atoms with Crippen LogP contribution in [0.2, 0.25) is 0 Å². The second-order valence-corrected chi connectivity index (χ2v) is 7.99. The normalized spacial score (nSPS) is 19.8. The first-order chi connectivity index (χ1) is 13.3.